The van der Waals surface area contributed by atoms with Crippen molar-refractivity contribution in [2.45, 2.75) is 71.2 Å². The summed E-state index contributed by atoms with van der Waals surface area (Å²) in [6.07, 6.45) is 1.68. The number of amides is 1. The van der Waals surface area contributed by atoms with Gasteiger partial charge in [-0.15, -0.1) is 0 Å². The van der Waals surface area contributed by atoms with E-state index in [4.69, 9.17) is 9.47 Å². The van der Waals surface area contributed by atoms with E-state index in [0.29, 0.717) is 17.8 Å². The Morgan fingerprint density at radius 3 is 2.41 bits per heavy atom. The zero-order valence-corrected chi connectivity index (χ0v) is 22.2. The van der Waals surface area contributed by atoms with Crippen LogP contribution in [0.2, 0.25) is 0 Å². The summed E-state index contributed by atoms with van der Waals surface area (Å²) in [7, 11) is 0. The number of hydrogen-bond donors (Lipinski definition) is 0. The molecule has 1 heterocycles. The first kappa shape index (κ1) is 25.3. The lowest BCUT2D eigenvalue weighted by molar-refractivity contribution is -0.162. The molecule has 0 aromatic heterocycles. The Labute approximate surface area is 219 Å². The number of carbonyl (C=O) groups is 2. The van der Waals surface area contributed by atoms with Crippen LogP contribution in [0.25, 0.3) is 10.8 Å². The second-order valence-electron chi connectivity index (χ2n) is 11.1. The molecule has 5 heteroatoms. The van der Waals surface area contributed by atoms with E-state index in [1.54, 1.807) is 4.90 Å². The Hall–Kier alpha value is -3.34. The van der Waals surface area contributed by atoms with E-state index in [1.165, 1.54) is 0 Å². The molecule has 0 bridgehead atoms. The number of esters is 1. The van der Waals surface area contributed by atoms with Crippen LogP contribution in [-0.2, 0) is 14.3 Å². The molecule has 194 valence electrons. The topological polar surface area (TPSA) is 55.8 Å². The average Bonchev–Trinajstić information content (AvgIpc) is 3.25. The summed E-state index contributed by atoms with van der Waals surface area (Å²) >= 11 is 0. The quantitative estimate of drug-likeness (QED) is 0.330. The minimum absolute atomic E-state index is 0.155. The SMILES string of the molecule is CC1CCC(C(C)C)C(OC(=O)C2C(c3ccccc3)OC(=O)N2C(C)c2cccc3ccccc23)C1. The van der Waals surface area contributed by atoms with Crippen LogP contribution in [0.15, 0.2) is 72.8 Å². The highest BCUT2D eigenvalue weighted by Crippen LogP contribution is 2.42. The summed E-state index contributed by atoms with van der Waals surface area (Å²) in [6.45, 7) is 8.59. The van der Waals surface area contributed by atoms with Gasteiger partial charge in [-0.2, -0.15) is 0 Å². The van der Waals surface area contributed by atoms with Crippen LogP contribution in [0.4, 0.5) is 4.79 Å². The summed E-state index contributed by atoms with van der Waals surface area (Å²) in [6, 6.07) is 22.5. The third-order valence-corrected chi connectivity index (χ3v) is 8.31. The summed E-state index contributed by atoms with van der Waals surface area (Å²) in [5.41, 5.74) is 1.77. The van der Waals surface area contributed by atoms with E-state index >= 15 is 0 Å². The highest BCUT2D eigenvalue weighted by Gasteiger charge is 2.51. The Bertz CT molecular complexity index is 1250. The Kier molecular flexibility index (Phi) is 7.23. The third-order valence-electron chi connectivity index (χ3n) is 8.31. The summed E-state index contributed by atoms with van der Waals surface area (Å²) in [4.78, 5) is 29.1. The van der Waals surface area contributed by atoms with Gasteiger partial charge in [0, 0.05) is 0 Å². The summed E-state index contributed by atoms with van der Waals surface area (Å²) in [5.74, 6) is 0.862. The van der Waals surface area contributed by atoms with E-state index in [9.17, 15) is 9.59 Å². The van der Waals surface area contributed by atoms with Gasteiger partial charge in [0.2, 0.25) is 0 Å². The third kappa shape index (κ3) is 4.96. The van der Waals surface area contributed by atoms with Crippen molar-refractivity contribution in [3.8, 4) is 0 Å². The van der Waals surface area contributed by atoms with Gasteiger partial charge in [-0.25, -0.2) is 9.59 Å². The first-order valence-corrected chi connectivity index (χ1v) is 13.6. The first-order chi connectivity index (χ1) is 17.8. The Balaban J connectivity index is 1.52. The molecule has 2 aliphatic rings. The molecular formula is C32H37NO4. The molecule has 3 aromatic carbocycles. The van der Waals surface area contributed by atoms with Crippen LogP contribution in [0, 0.1) is 17.8 Å². The van der Waals surface area contributed by atoms with Gasteiger partial charge >= 0.3 is 12.1 Å². The van der Waals surface area contributed by atoms with Crippen LogP contribution in [0.3, 0.4) is 0 Å². The molecule has 1 aliphatic heterocycles. The van der Waals surface area contributed by atoms with E-state index in [1.807, 2.05) is 61.5 Å². The van der Waals surface area contributed by atoms with Gasteiger partial charge in [0.25, 0.3) is 0 Å². The van der Waals surface area contributed by atoms with Crippen molar-refractivity contribution in [3.05, 3.63) is 83.9 Å². The van der Waals surface area contributed by atoms with Crippen LogP contribution in [0.5, 0.6) is 0 Å². The van der Waals surface area contributed by atoms with Crippen molar-refractivity contribution in [2.75, 3.05) is 0 Å². The maximum absolute atomic E-state index is 14.0. The van der Waals surface area contributed by atoms with Crippen LogP contribution in [0.1, 0.15) is 70.2 Å². The lowest BCUT2D eigenvalue weighted by Gasteiger charge is -2.38. The molecular weight excluding hydrogens is 462 g/mol. The van der Waals surface area contributed by atoms with Gasteiger partial charge in [0.15, 0.2) is 12.1 Å². The van der Waals surface area contributed by atoms with Crippen molar-refractivity contribution < 1.29 is 19.1 Å². The van der Waals surface area contributed by atoms with Crippen molar-refractivity contribution in [1.82, 2.24) is 4.90 Å². The van der Waals surface area contributed by atoms with Gasteiger partial charge in [0.05, 0.1) is 6.04 Å². The maximum Gasteiger partial charge on any atom is 0.411 e. The smallest absolute Gasteiger partial charge is 0.411 e. The fraction of sp³-hybridized carbons (Fsp3) is 0.438. The molecule has 0 spiro atoms. The number of nitrogens with zero attached hydrogens (tertiary/aromatic N) is 1. The Morgan fingerprint density at radius 1 is 0.946 bits per heavy atom. The first-order valence-electron chi connectivity index (χ1n) is 13.6. The molecule has 37 heavy (non-hydrogen) atoms. The normalized spacial score (nSPS) is 26.8. The lowest BCUT2D eigenvalue weighted by Crippen LogP contribution is -2.46. The fourth-order valence-electron chi connectivity index (χ4n) is 6.26. The molecule has 1 aliphatic carbocycles. The Morgan fingerprint density at radius 2 is 1.65 bits per heavy atom. The molecule has 0 N–H and O–H groups in total. The van der Waals surface area contributed by atoms with Crippen molar-refractivity contribution in [2.24, 2.45) is 17.8 Å². The lowest BCUT2D eigenvalue weighted by atomic mass is 9.75. The largest absolute Gasteiger partial charge is 0.460 e. The zero-order valence-electron chi connectivity index (χ0n) is 22.2. The minimum Gasteiger partial charge on any atom is -0.460 e. The molecule has 5 nitrogen and oxygen atoms in total. The molecule has 6 atom stereocenters. The van der Waals surface area contributed by atoms with Crippen LogP contribution >= 0.6 is 0 Å². The fourth-order valence-corrected chi connectivity index (χ4v) is 6.26. The predicted octanol–water partition coefficient (Wildman–Crippen LogP) is 7.47. The highest BCUT2D eigenvalue weighted by atomic mass is 16.6. The predicted molar refractivity (Wildman–Crippen MR) is 145 cm³/mol. The van der Waals surface area contributed by atoms with Gasteiger partial charge in [-0.05, 0) is 59.4 Å². The van der Waals surface area contributed by atoms with Gasteiger partial charge in [0.1, 0.15) is 6.10 Å². The molecule has 3 aromatic rings. The molecule has 5 rings (SSSR count). The minimum atomic E-state index is -0.867. The summed E-state index contributed by atoms with van der Waals surface area (Å²) in [5, 5.41) is 2.15. The van der Waals surface area contributed by atoms with Crippen molar-refractivity contribution in [3.63, 3.8) is 0 Å². The number of rotatable bonds is 6. The molecule has 1 saturated carbocycles. The number of ether oxygens (including phenoxy) is 2. The molecule has 1 amide bonds. The molecule has 0 radical (unpaired) electrons. The standard InChI is InChI=1S/C32H37NO4/c1-20(2)25-18-17-21(3)19-28(25)36-31(34)29-30(24-12-6-5-7-13-24)37-32(35)33(29)22(4)26-16-10-14-23-11-8-9-15-27(23)26/h5-16,20-22,25,28-30H,17-19H2,1-4H3. The van der Waals surface area contributed by atoms with E-state index < -0.39 is 18.2 Å². The highest BCUT2D eigenvalue weighted by molar-refractivity contribution is 5.89. The number of carbonyl (C=O) groups excluding carboxylic acids is 2. The average molecular weight is 500 g/mol. The van der Waals surface area contributed by atoms with Crippen LogP contribution < -0.4 is 0 Å². The zero-order chi connectivity index (χ0) is 26.1. The van der Waals surface area contributed by atoms with Crippen molar-refractivity contribution in [1.29, 1.82) is 0 Å². The van der Waals surface area contributed by atoms with Gasteiger partial charge in [-0.1, -0.05) is 100.0 Å². The number of fused-ring (bicyclic) bond motifs is 1. The monoisotopic (exact) mass is 499 g/mol. The van der Waals surface area contributed by atoms with E-state index in [-0.39, 0.29) is 18.1 Å². The van der Waals surface area contributed by atoms with Gasteiger partial charge in [-0.3, -0.25) is 4.90 Å². The van der Waals surface area contributed by atoms with Gasteiger partial charge < -0.3 is 9.47 Å². The summed E-state index contributed by atoms with van der Waals surface area (Å²) < 4.78 is 12.2. The van der Waals surface area contributed by atoms with Crippen LogP contribution in [-0.4, -0.2) is 29.1 Å². The van der Waals surface area contributed by atoms with E-state index in [2.05, 4.69) is 39.0 Å². The second kappa shape index (κ2) is 10.6. The molecule has 1 saturated heterocycles. The number of hydrogen-bond acceptors (Lipinski definition) is 4. The molecule has 2 fully saturated rings. The van der Waals surface area contributed by atoms with E-state index in [0.717, 1.165) is 41.2 Å². The number of cyclic esters (lactones) is 1. The maximum atomic E-state index is 14.0. The second-order valence-corrected chi connectivity index (χ2v) is 11.1. The van der Waals surface area contributed by atoms with Crippen molar-refractivity contribution >= 4 is 22.8 Å². The number of benzene rings is 3. The molecule has 6 unspecified atom stereocenters.